The van der Waals surface area contributed by atoms with E-state index in [2.05, 4.69) is 49.7 Å². The Morgan fingerprint density at radius 3 is 2.69 bits per heavy atom. The van der Waals surface area contributed by atoms with Gasteiger partial charge in [0.1, 0.15) is 17.2 Å². The molecule has 1 aliphatic heterocycles. The Morgan fingerprint density at radius 1 is 0.969 bits per heavy atom. The lowest BCUT2D eigenvalue weighted by molar-refractivity contribution is 0.460. The smallest absolute Gasteiger partial charge is 0.138 e. The van der Waals surface area contributed by atoms with Crippen LogP contribution in [0.3, 0.4) is 0 Å². The molecule has 0 aliphatic carbocycles. The van der Waals surface area contributed by atoms with E-state index in [4.69, 9.17) is 0 Å². The maximum absolute atomic E-state index is 14.1. The molecular formula is C26H24FN5. The van der Waals surface area contributed by atoms with Crippen LogP contribution in [-0.2, 0) is 0 Å². The van der Waals surface area contributed by atoms with Gasteiger partial charge in [-0.2, -0.15) is 5.10 Å². The van der Waals surface area contributed by atoms with Gasteiger partial charge >= 0.3 is 0 Å². The molecule has 3 aromatic heterocycles. The van der Waals surface area contributed by atoms with Crippen molar-refractivity contribution < 1.29 is 4.39 Å². The van der Waals surface area contributed by atoms with Crippen molar-refractivity contribution in [1.82, 2.24) is 25.5 Å². The van der Waals surface area contributed by atoms with E-state index in [9.17, 15) is 4.39 Å². The lowest BCUT2D eigenvalue weighted by atomic mass is 9.89. The lowest BCUT2D eigenvalue weighted by Crippen LogP contribution is -2.26. The van der Waals surface area contributed by atoms with Crippen LogP contribution in [0.2, 0.25) is 0 Å². The highest BCUT2D eigenvalue weighted by atomic mass is 19.1. The summed E-state index contributed by atoms with van der Waals surface area (Å²) in [6, 6.07) is 15.8. The number of H-pyrrole nitrogens is 2. The summed E-state index contributed by atoms with van der Waals surface area (Å²) in [4.78, 5) is 7.95. The van der Waals surface area contributed by atoms with Gasteiger partial charge in [0.15, 0.2) is 0 Å². The number of benzene rings is 2. The number of nitrogens with zero attached hydrogens (tertiary/aromatic N) is 2. The van der Waals surface area contributed by atoms with Crippen LogP contribution in [0.4, 0.5) is 4.39 Å². The van der Waals surface area contributed by atoms with Gasteiger partial charge < -0.3 is 10.3 Å². The molecule has 0 bridgehead atoms. The number of nitrogens with one attached hydrogen (secondary N) is 3. The minimum atomic E-state index is -0.232. The minimum absolute atomic E-state index is 0.232. The van der Waals surface area contributed by atoms with Crippen LogP contribution < -0.4 is 5.32 Å². The highest BCUT2D eigenvalue weighted by molar-refractivity contribution is 5.99. The number of piperidine rings is 1. The van der Waals surface area contributed by atoms with Gasteiger partial charge in [-0.15, -0.1) is 0 Å². The highest BCUT2D eigenvalue weighted by Gasteiger charge is 2.18. The van der Waals surface area contributed by atoms with Crippen LogP contribution in [0.5, 0.6) is 0 Å². The Bertz CT molecular complexity index is 1420. The molecule has 5 aromatic rings. The van der Waals surface area contributed by atoms with Crippen LogP contribution in [-0.4, -0.2) is 33.3 Å². The number of halogens is 1. The topological polar surface area (TPSA) is 69.4 Å². The van der Waals surface area contributed by atoms with Crippen molar-refractivity contribution in [2.45, 2.75) is 25.7 Å². The molecule has 6 heteroatoms. The Balaban J connectivity index is 1.47. The molecule has 160 valence electrons. The van der Waals surface area contributed by atoms with Gasteiger partial charge in [-0.05, 0) is 97.4 Å². The largest absolute Gasteiger partial charge is 0.338 e. The van der Waals surface area contributed by atoms with E-state index in [1.807, 2.05) is 19.1 Å². The SMILES string of the molecule is Cc1cc(F)cc(-c2ccnc3[nH]c(-c4n[nH]c5ccc(C6CCNCC6)cc45)cc23)c1. The Kier molecular flexibility index (Phi) is 4.54. The van der Waals surface area contributed by atoms with Crippen molar-refractivity contribution in [2.24, 2.45) is 0 Å². The number of aromatic amines is 2. The second-order valence-corrected chi connectivity index (χ2v) is 8.72. The summed E-state index contributed by atoms with van der Waals surface area (Å²) in [5.41, 5.74) is 7.64. The van der Waals surface area contributed by atoms with Crippen molar-refractivity contribution >= 4 is 21.9 Å². The zero-order valence-electron chi connectivity index (χ0n) is 17.9. The minimum Gasteiger partial charge on any atom is -0.338 e. The Morgan fingerprint density at radius 2 is 1.84 bits per heavy atom. The first kappa shape index (κ1) is 19.2. The van der Waals surface area contributed by atoms with Gasteiger partial charge in [0.2, 0.25) is 0 Å². The number of pyridine rings is 1. The summed E-state index contributed by atoms with van der Waals surface area (Å²) in [5.74, 6) is 0.347. The molecule has 0 radical (unpaired) electrons. The van der Waals surface area contributed by atoms with Crippen molar-refractivity contribution in [1.29, 1.82) is 0 Å². The molecule has 0 amide bonds. The molecule has 0 unspecified atom stereocenters. The first-order valence-corrected chi connectivity index (χ1v) is 11.1. The average molecular weight is 426 g/mol. The molecule has 1 fully saturated rings. The normalized spacial score (nSPS) is 15.1. The predicted octanol–water partition coefficient (Wildman–Crippen LogP) is 5.69. The lowest BCUT2D eigenvalue weighted by Gasteiger charge is -2.23. The van der Waals surface area contributed by atoms with E-state index in [1.54, 1.807) is 18.3 Å². The molecule has 3 N–H and O–H groups in total. The summed E-state index contributed by atoms with van der Waals surface area (Å²) >= 11 is 0. The standard InChI is InChI=1S/C26H24FN5/c1-15-10-18(12-19(27)11-15)20-6-9-29-26-21(20)14-24(30-26)25-22-13-17(2-3-23(22)31-32-25)16-4-7-28-8-5-16/h2-3,6,9-14,16,28H,4-5,7-8H2,1H3,(H,29,30)(H,31,32). The average Bonchev–Trinajstić information content (AvgIpc) is 3.42. The third-order valence-corrected chi connectivity index (χ3v) is 6.54. The van der Waals surface area contributed by atoms with Crippen molar-refractivity contribution in [3.05, 3.63) is 71.7 Å². The van der Waals surface area contributed by atoms with E-state index >= 15 is 0 Å². The first-order chi connectivity index (χ1) is 15.7. The summed E-state index contributed by atoms with van der Waals surface area (Å²) in [7, 11) is 0. The van der Waals surface area contributed by atoms with Crippen molar-refractivity contribution in [3.63, 3.8) is 0 Å². The van der Waals surface area contributed by atoms with Crippen LogP contribution in [0.25, 0.3) is 44.5 Å². The molecule has 2 aromatic carbocycles. The quantitative estimate of drug-likeness (QED) is 0.348. The van der Waals surface area contributed by atoms with Crippen LogP contribution in [0.15, 0.2) is 54.7 Å². The number of fused-ring (bicyclic) bond motifs is 2. The number of aryl methyl sites for hydroxylation is 1. The first-order valence-electron chi connectivity index (χ1n) is 11.1. The van der Waals surface area contributed by atoms with Gasteiger partial charge in [-0.1, -0.05) is 12.1 Å². The molecule has 4 heterocycles. The van der Waals surface area contributed by atoms with Gasteiger partial charge in [0.25, 0.3) is 0 Å². The van der Waals surface area contributed by atoms with Crippen molar-refractivity contribution in [3.8, 4) is 22.5 Å². The van der Waals surface area contributed by atoms with E-state index in [-0.39, 0.29) is 5.82 Å². The third-order valence-electron chi connectivity index (χ3n) is 6.54. The fraction of sp³-hybridized carbons (Fsp3) is 0.231. The number of hydrogen-bond acceptors (Lipinski definition) is 3. The summed E-state index contributed by atoms with van der Waals surface area (Å²) in [6.45, 7) is 4.04. The molecule has 0 atom stereocenters. The van der Waals surface area contributed by atoms with Gasteiger partial charge in [-0.25, -0.2) is 9.37 Å². The number of hydrogen-bond donors (Lipinski definition) is 3. The van der Waals surface area contributed by atoms with E-state index in [0.717, 1.165) is 75.9 Å². The maximum atomic E-state index is 14.1. The molecule has 0 spiro atoms. The van der Waals surface area contributed by atoms with Gasteiger partial charge in [-0.3, -0.25) is 5.10 Å². The van der Waals surface area contributed by atoms with Gasteiger partial charge in [0, 0.05) is 17.0 Å². The summed E-state index contributed by atoms with van der Waals surface area (Å²) < 4.78 is 14.1. The third kappa shape index (κ3) is 3.28. The van der Waals surface area contributed by atoms with E-state index in [0.29, 0.717) is 5.92 Å². The molecule has 6 rings (SSSR count). The maximum Gasteiger partial charge on any atom is 0.138 e. The molecular weight excluding hydrogens is 401 g/mol. The molecule has 1 aliphatic rings. The van der Waals surface area contributed by atoms with Crippen molar-refractivity contribution in [2.75, 3.05) is 13.1 Å². The number of aromatic nitrogens is 4. The molecule has 5 nitrogen and oxygen atoms in total. The zero-order valence-corrected chi connectivity index (χ0v) is 17.9. The summed E-state index contributed by atoms with van der Waals surface area (Å²) in [6.07, 6.45) is 4.08. The van der Waals surface area contributed by atoms with Crippen LogP contribution in [0.1, 0.15) is 29.9 Å². The second-order valence-electron chi connectivity index (χ2n) is 8.72. The molecule has 0 saturated carbocycles. The predicted molar refractivity (Wildman–Crippen MR) is 126 cm³/mol. The fourth-order valence-corrected chi connectivity index (χ4v) is 4.94. The second kappa shape index (κ2) is 7.57. The van der Waals surface area contributed by atoms with E-state index < -0.39 is 0 Å². The number of rotatable bonds is 3. The Hall–Kier alpha value is -3.51. The van der Waals surface area contributed by atoms with Gasteiger partial charge in [0.05, 0.1) is 11.2 Å². The summed E-state index contributed by atoms with van der Waals surface area (Å²) in [5, 5.41) is 13.3. The van der Waals surface area contributed by atoms with Crippen LogP contribution >= 0.6 is 0 Å². The Labute approximate surface area is 185 Å². The highest BCUT2D eigenvalue weighted by Crippen LogP contribution is 2.35. The molecule has 32 heavy (non-hydrogen) atoms. The monoisotopic (exact) mass is 425 g/mol. The zero-order chi connectivity index (χ0) is 21.7. The van der Waals surface area contributed by atoms with Crippen LogP contribution in [0, 0.1) is 12.7 Å². The fourth-order valence-electron chi connectivity index (χ4n) is 4.94. The molecule has 1 saturated heterocycles. The van der Waals surface area contributed by atoms with E-state index in [1.165, 1.54) is 5.56 Å².